The second kappa shape index (κ2) is 4.11. The predicted molar refractivity (Wildman–Crippen MR) is 58.9 cm³/mol. The van der Waals surface area contributed by atoms with E-state index in [0.717, 1.165) is 6.42 Å². The Morgan fingerprint density at radius 3 is 2.94 bits per heavy atom. The van der Waals surface area contributed by atoms with Crippen LogP contribution in [-0.4, -0.2) is 19.2 Å². The quantitative estimate of drug-likeness (QED) is 0.722. The molecule has 1 fully saturated rings. The molecule has 1 aliphatic rings. The van der Waals surface area contributed by atoms with Crippen LogP contribution in [0.5, 0.6) is 0 Å². The van der Waals surface area contributed by atoms with Crippen molar-refractivity contribution in [3.63, 3.8) is 0 Å². The summed E-state index contributed by atoms with van der Waals surface area (Å²) in [6, 6.07) is 6.85. The molecule has 0 radical (unpaired) electrons. The smallest absolute Gasteiger partial charge is 0.414 e. The summed E-state index contributed by atoms with van der Waals surface area (Å²) in [5, 5.41) is 8.70. The number of nitriles is 1. The van der Waals surface area contributed by atoms with Gasteiger partial charge in [0.15, 0.2) is 0 Å². The summed E-state index contributed by atoms with van der Waals surface area (Å²) in [6.45, 7) is 1.04. The molecule has 0 atom stereocenters. The summed E-state index contributed by atoms with van der Waals surface area (Å²) in [6.07, 6.45) is 0.396. The molecule has 0 saturated carbocycles. The van der Waals surface area contributed by atoms with Gasteiger partial charge in [0.05, 0.1) is 29.6 Å². The number of rotatable bonds is 1. The highest BCUT2D eigenvalue weighted by molar-refractivity contribution is 5.92. The summed E-state index contributed by atoms with van der Waals surface area (Å²) in [4.78, 5) is 13.0. The minimum atomic E-state index is -0.386. The fraction of sp³-hybridized carbons (Fsp3) is 0.273. The molecule has 2 rings (SSSR count). The van der Waals surface area contributed by atoms with Crippen molar-refractivity contribution in [3.8, 4) is 6.07 Å². The van der Waals surface area contributed by atoms with Gasteiger partial charge in [0.1, 0.15) is 0 Å². The fourth-order valence-corrected chi connectivity index (χ4v) is 1.64. The summed E-state index contributed by atoms with van der Waals surface area (Å²) in [5.74, 6) is 0. The number of hydrogen-bond acceptors (Lipinski definition) is 4. The van der Waals surface area contributed by atoms with E-state index in [1.54, 1.807) is 18.2 Å². The summed E-state index contributed by atoms with van der Waals surface area (Å²) < 4.78 is 4.92. The fourth-order valence-electron chi connectivity index (χ4n) is 1.64. The first-order valence-electron chi connectivity index (χ1n) is 4.96. The number of carbonyl (C=O) groups excluding carboxylic acids is 1. The van der Waals surface area contributed by atoms with E-state index >= 15 is 0 Å². The van der Waals surface area contributed by atoms with Crippen molar-refractivity contribution in [2.24, 2.45) is 0 Å². The Balaban J connectivity index is 2.33. The number of hydrogen-bond donors (Lipinski definition) is 1. The van der Waals surface area contributed by atoms with Crippen molar-refractivity contribution >= 4 is 17.5 Å². The third-order valence-electron chi connectivity index (χ3n) is 2.42. The topological polar surface area (TPSA) is 79.4 Å². The average Bonchev–Trinajstić information content (AvgIpc) is 2.30. The first-order chi connectivity index (χ1) is 7.72. The molecule has 16 heavy (non-hydrogen) atoms. The second-order valence-corrected chi connectivity index (χ2v) is 3.50. The van der Waals surface area contributed by atoms with Gasteiger partial charge in [-0.15, -0.1) is 0 Å². The Labute approximate surface area is 93.0 Å². The molecule has 2 N–H and O–H groups in total. The molecule has 5 heteroatoms. The van der Waals surface area contributed by atoms with Gasteiger partial charge in [0.2, 0.25) is 0 Å². The van der Waals surface area contributed by atoms with Crippen molar-refractivity contribution < 1.29 is 9.53 Å². The van der Waals surface area contributed by atoms with Crippen LogP contribution in [0, 0.1) is 11.3 Å². The van der Waals surface area contributed by atoms with Gasteiger partial charge in [0.25, 0.3) is 0 Å². The lowest BCUT2D eigenvalue weighted by Gasteiger charge is -2.27. The SMILES string of the molecule is N#Cc1ccc(N2CCCOC2=O)c(N)c1. The molecule has 0 unspecified atom stereocenters. The highest BCUT2D eigenvalue weighted by atomic mass is 16.6. The Kier molecular flexibility index (Phi) is 2.64. The number of nitrogens with zero attached hydrogens (tertiary/aromatic N) is 2. The number of nitrogen functional groups attached to an aromatic ring is 1. The van der Waals surface area contributed by atoms with Crippen LogP contribution in [0.25, 0.3) is 0 Å². The molecule has 0 spiro atoms. The molecule has 1 aromatic carbocycles. The molecule has 82 valence electrons. The largest absolute Gasteiger partial charge is 0.449 e. The van der Waals surface area contributed by atoms with Crippen LogP contribution in [0.4, 0.5) is 16.2 Å². The van der Waals surface area contributed by atoms with Crippen molar-refractivity contribution in [2.45, 2.75) is 6.42 Å². The lowest BCUT2D eigenvalue weighted by atomic mass is 10.1. The van der Waals surface area contributed by atoms with E-state index < -0.39 is 0 Å². The molecule has 1 aromatic rings. The van der Waals surface area contributed by atoms with E-state index in [0.29, 0.717) is 30.1 Å². The van der Waals surface area contributed by atoms with E-state index in [2.05, 4.69) is 0 Å². The minimum Gasteiger partial charge on any atom is -0.449 e. The summed E-state index contributed by atoms with van der Waals surface area (Å²) in [5.41, 5.74) is 7.28. The third kappa shape index (κ3) is 1.77. The molecule has 1 heterocycles. The van der Waals surface area contributed by atoms with E-state index in [4.69, 9.17) is 15.7 Å². The number of cyclic esters (lactones) is 1. The third-order valence-corrected chi connectivity index (χ3v) is 2.42. The van der Waals surface area contributed by atoms with Crippen LogP contribution in [-0.2, 0) is 4.74 Å². The molecular formula is C11H11N3O2. The van der Waals surface area contributed by atoms with Gasteiger partial charge < -0.3 is 10.5 Å². The van der Waals surface area contributed by atoms with Gasteiger partial charge in [-0.25, -0.2) is 4.79 Å². The van der Waals surface area contributed by atoms with Crippen LogP contribution in [0.1, 0.15) is 12.0 Å². The minimum absolute atomic E-state index is 0.386. The van der Waals surface area contributed by atoms with Gasteiger partial charge in [-0.05, 0) is 24.6 Å². The molecule has 1 amide bonds. The van der Waals surface area contributed by atoms with Gasteiger partial charge in [-0.1, -0.05) is 0 Å². The van der Waals surface area contributed by atoms with Crippen molar-refractivity contribution in [3.05, 3.63) is 23.8 Å². The van der Waals surface area contributed by atoms with Gasteiger partial charge in [-0.3, -0.25) is 4.90 Å². The maximum atomic E-state index is 11.5. The van der Waals surface area contributed by atoms with Gasteiger partial charge in [-0.2, -0.15) is 5.26 Å². The first-order valence-corrected chi connectivity index (χ1v) is 4.96. The first kappa shape index (κ1) is 10.3. The number of amides is 1. The molecule has 0 bridgehead atoms. The highest BCUT2D eigenvalue weighted by Crippen LogP contribution is 2.26. The number of ether oxygens (including phenoxy) is 1. The van der Waals surface area contributed by atoms with Crippen LogP contribution in [0.15, 0.2) is 18.2 Å². The van der Waals surface area contributed by atoms with Gasteiger partial charge in [0, 0.05) is 6.54 Å². The molecule has 0 aliphatic carbocycles. The van der Waals surface area contributed by atoms with Gasteiger partial charge >= 0.3 is 6.09 Å². The highest BCUT2D eigenvalue weighted by Gasteiger charge is 2.22. The van der Waals surface area contributed by atoms with Crippen LogP contribution in [0.2, 0.25) is 0 Å². The van der Waals surface area contributed by atoms with Crippen LogP contribution < -0.4 is 10.6 Å². The van der Waals surface area contributed by atoms with E-state index in [-0.39, 0.29) is 6.09 Å². The molecule has 0 aromatic heterocycles. The number of nitrogens with two attached hydrogens (primary N) is 1. The molecule has 5 nitrogen and oxygen atoms in total. The Bertz CT molecular complexity index is 465. The lowest BCUT2D eigenvalue weighted by molar-refractivity contribution is 0.140. The van der Waals surface area contributed by atoms with Crippen LogP contribution >= 0.6 is 0 Å². The molecule has 1 aliphatic heterocycles. The zero-order chi connectivity index (χ0) is 11.5. The van der Waals surface area contributed by atoms with E-state index in [1.165, 1.54) is 4.90 Å². The van der Waals surface area contributed by atoms with Crippen molar-refractivity contribution in [1.82, 2.24) is 0 Å². The van der Waals surface area contributed by atoms with E-state index in [1.807, 2.05) is 6.07 Å². The Morgan fingerprint density at radius 2 is 2.31 bits per heavy atom. The summed E-state index contributed by atoms with van der Waals surface area (Å²) >= 11 is 0. The number of carbonyl (C=O) groups is 1. The molecule has 1 saturated heterocycles. The maximum Gasteiger partial charge on any atom is 0.414 e. The average molecular weight is 217 g/mol. The lowest BCUT2D eigenvalue weighted by Crippen LogP contribution is -2.38. The second-order valence-electron chi connectivity index (χ2n) is 3.50. The van der Waals surface area contributed by atoms with Crippen LogP contribution in [0.3, 0.4) is 0 Å². The zero-order valence-electron chi connectivity index (χ0n) is 8.64. The van der Waals surface area contributed by atoms with Crippen molar-refractivity contribution in [2.75, 3.05) is 23.8 Å². The predicted octanol–water partition coefficient (Wildman–Crippen LogP) is 1.49. The summed E-state index contributed by atoms with van der Waals surface area (Å²) in [7, 11) is 0. The van der Waals surface area contributed by atoms with E-state index in [9.17, 15) is 4.79 Å². The van der Waals surface area contributed by atoms with Crippen molar-refractivity contribution in [1.29, 1.82) is 5.26 Å². The standard InChI is InChI=1S/C11H11N3O2/c12-7-8-2-3-10(9(13)6-8)14-4-1-5-16-11(14)15/h2-3,6H,1,4-5,13H2. The maximum absolute atomic E-state index is 11.5. The number of anilines is 2. The molecular weight excluding hydrogens is 206 g/mol. The Morgan fingerprint density at radius 1 is 1.50 bits per heavy atom. The zero-order valence-corrected chi connectivity index (χ0v) is 8.64. The number of benzene rings is 1. The monoisotopic (exact) mass is 217 g/mol. The normalized spacial score (nSPS) is 15.4. The Hall–Kier alpha value is -2.22.